The lowest BCUT2D eigenvalue weighted by Crippen LogP contribution is -1.83. The highest BCUT2D eigenvalue weighted by atomic mass is 79.9. The SMILES string of the molecule is O=[N+]([O-])c1ccc(-c2cn3cc(Br)cc(Br)c3n2)o1. The molecule has 0 saturated carbocycles. The molecule has 6 nitrogen and oxygen atoms in total. The van der Waals surface area contributed by atoms with Crippen molar-refractivity contribution in [3.05, 3.63) is 49.7 Å². The summed E-state index contributed by atoms with van der Waals surface area (Å²) < 4.78 is 8.64. The van der Waals surface area contributed by atoms with Crippen LogP contribution in [0.15, 0.2) is 44.0 Å². The Hall–Kier alpha value is -1.67. The minimum Gasteiger partial charge on any atom is -0.399 e. The largest absolute Gasteiger partial charge is 0.433 e. The molecule has 0 N–H and O–H groups in total. The molecule has 0 aromatic carbocycles. The zero-order valence-corrected chi connectivity index (χ0v) is 12.4. The summed E-state index contributed by atoms with van der Waals surface area (Å²) in [4.78, 5) is 14.4. The van der Waals surface area contributed by atoms with E-state index in [4.69, 9.17) is 4.42 Å². The van der Waals surface area contributed by atoms with Crippen molar-refractivity contribution in [2.24, 2.45) is 0 Å². The summed E-state index contributed by atoms with van der Waals surface area (Å²) in [6, 6.07) is 4.71. The van der Waals surface area contributed by atoms with E-state index in [1.54, 1.807) is 10.6 Å². The van der Waals surface area contributed by atoms with Crippen LogP contribution in [0.25, 0.3) is 17.1 Å². The molecule has 19 heavy (non-hydrogen) atoms. The van der Waals surface area contributed by atoms with Gasteiger partial charge in [0.25, 0.3) is 0 Å². The molecule has 0 amide bonds. The maximum Gasteiger partial charge on any atom is 0.433 e. The summed E-state index contributed by atoms with van der Waals surface area (Å²) in [6.07, 6.45) is 3.58. The van der Waals surface area contributed by atoms with Gasteiger partial charge in [-0.1, -0.05) is 0 Å². The summed E-state index contributed by atoms with van der Waals surface area (Å²) in [7, 11) is 0. The number of furan rings is 1. The first-order chi connectivity index (χ1) is 9.04. The van der Waals surface area contributed by atoms with Gasteiger partial charge in [-0.2, -0.15) is 0 Å². The van der Waals surface area contributed by atoms with Crippen molar-refractivity contribution in [2.45, 2.75) is 0 Å². The number of rotatable bonds is 2. The molecule has 0 aliphatic heterocycles. The number of nitrogens with zero attached hydrogens (tertiary/aromatic N) is 3. The quantitative estimate of drug-likeness (QED) is 0.492. The van der Waals surface area contributed by atoms with E-state index in [-0.39, 0.29) is 5.88 Å². The number of hydrogen-bond acceptors (Lipinski definition) is 4. The van der Waals surface area contributed by atoms with E-state index in [1.807, 2.05) is 12.3 Å². The van der Waals surface area contributed by atoms with Crippen LogP contribution in [0.3, 0.4) is 0 Å². The fourth-order valence-electron chi connectivity index (χ4n) is 1.71. The van der Waals surface area contributed by atoms with Gasteiger partial charge in [-0.05, 0) is 44.0 Å². The molecule has 3 heterocycles. The zero-order chi connectivity index (χ0) is 13.6. The lowest BCUT2D eigenvalue weighted by molar-refractivity contribution is -0.401. The van der Waals surface area contributed by atoms with Crippen LogP contribution in [-0.4, -0.2) is 14.3 Å². The van der Waals surface area contributed by atoms with Gasteiger partial charge < -0.3 is 8.82 Å². The van der Waals surface area contributed by atoms with Crippen LogP contribution in [0.5, 0.6) is 0 Å². The molecule has 8 heteroatoms. The lowest BCUT2D eigenvalue weighted by atomic mass is 10.4. The van der Waals surface area contributed by atoms with Gasteiger partial charge in [0.05, 0.1) is 10.5 Å². The van der Waals surface area contributed by atoms with Gasteiger partial charge in [0, 0.05) is 16.9 Å². The number of pyridine rings is 1. The normalized spacial score (nSPS) is 11.1. The Kier molecular flexibility index (Phi) is 2.90. The smallest absolute Gasteiger partial charge is 0.399 e. The Balaban J connectivity index is 2.14. The van der Waals surface area contributed by atoms with E-state index in [2.05, 4.69) is 36.8 Å². The molecule has 3 rings (SSSR count). The van der Waals surface area contributed by atoms with Crippen LogP contribution in [0, 0.1) is 10.1 Å². The molecule has 3 aromatic rings. The maximum atomic E-state index is 10.6. The van der Waals surface area contributed by atoms with Gasteiger partial charge in [0.15, 0.2) is 11.4 Å². The topological polar surface area (TPSA) is 73.6 Å². The van der Waals surface area contributed by atoms with Crippen molar-refractivity contribution in [1.82, 2.24) is 9.38 Å². The molecular weight excluding hydrogens is 382 g/mol. The predicted octanol–water partition coefficient (Wildman–Crippen LogP) is 4.03. The molecule has 0 aliphatic rings. The third kappa shape index (κ3) is 2.17. The summed E-state index contributed by atoms with van der Waals surface area (Å²) >= 11 is 6.79. The minimum atomic E-state index is -0.578. The van der Waals surface area contributed by atoms with Gasteiger partial charge in [-0.25, -0.2) is 4.98 Å². The average molecular weight is 387 g/mol. The van der Waals surface area contributed by atoms with Crippen molar-refractivity contribution >= 4 is 43.4 Å². The average Bonchev–Trinajstić information content (AvgIpc) is 2.92. The van der Waals surface area contributed by atoms with Gasteiger partial charge in [-0.3, -0.25) is 10.1 Å². The lowest BCUT2D eigenvalue weighted by Gasteiger charge is -1.96. The van der Waals surface area contributed by atoms with Crippen molar-refractivity contribution in [2.75, 3.05) is 0 Å². The third-order valence-electron chi connectivity index (χ3n) is 2.50. The van der Waals surface area contributed by atoms with Crippen LogP contribution >= 0.6 is 31.9 Å². The Bertz CT molecular complexity index is 794. The monoisotopic (exact) mass is 385 g/mol. The van der Waals surface area contributed by atoms with Crippen molar-refractivity contribution in [3.63, 3.8) is 0 Å². The standard InChI is InChI=1S/C11H5Br2N3O3/c12-6-3-7(13)11-14-8(5-15(11)4-6)9-1-2-10(19-9)16(17)18/h1-5H. The Morgan fingerprint density at radius 3 is 2.79 bits per heavy atom. The molecular formula is C11H5Br2N3O3. The van der Waals surface area contributed by atoms with E-state index in [0.717, 1.165) is 8.95 Å². The molecule has 0 aliphatic carbocycles. The molecule has 0 radical (unpaired) electrons. The second-order valence-electron chi connectivity index (χ2n) is 3.76. The highest BCUT2D eigenvalue weighted by Gasteiger charge is 2.16. The molecule has 96 valence electrons. The van der Waals surface area contributed by atoms with E-state index in [1.165, 1.54) is 12.1 Å². The van der Waals surface area contributed by atoms with Crippen molar-refractivity contribution in [3.8, 4) is 11.5 Å². The summed E-state index contributed by atoms with van der Waals surface area (Å²) in [5, 5.41) is 10.6. The predicted molar refractivity (Wildman–Crippen MR) is 74.9 cm³/mol. The van der Waals surface area contributed by atoms with Crippen LogP contribution in [0.2, 0.25) is 0 Å². The fraction of sp³-hybridized carbons (Fsp3) is 0. The van der Waals surface area contributed by atoms with E-state index < -0.39 is 4.92 Å². The van der Waals surface area contributed by atoms with E-state index in [0.29, 0.717) is 17.1 Å². The molecule has 0 saturated heterocycles. The van der Waals surface area contributed by atoms with Crippen molar-refractivity contribution in [1.29, 1.82) is 0 Å². The summed E-state index contributed by atoms with van der Waals surface area (Å²) in [5.74, 6) is 0.0609. The van der Waals surface area contributed by atoms with Crippen molar-refractivity contribution < 1.29 is 9.34 Å². The van der Waals surface area contributed by atoms with Gasteiger partial charge in [0.1, 0.15) is 10.6 Å². The zero-order valence-electron chi connectivity index (χ0n) is 9.21. The molecule has 0 spiro atoms. The Morgan fingerprint density at radius 1 is 1.32 bits per heavy atom. The third-order valence-corrected chi connectivity index (χ3v) is 3.51. The number of hydrogen-bond donors (Lipinski definition) is 0. The Morgan fingerprint density at radius 2 is 2.11 bits per heavy atom. The van der Waals surface area contributed by atoms with E-state index in [9.17, 15) is 10.1 Å². The second-order valence-corrected chi connectivity index (χ2v) is 5.53. The molecule has 3 aromatic heterocycles. The van der Waals surface area contributed by atoms with E-state index >= 15 is 0 Å². The maximum absolute atomic E-state index is 10.6. The molecule has 0 fully saturated rings. The first-order valence-corrected chi connectivity index (χ1v) is 6.71. The number of imidazole rings is 1. The van der Waals surface area contributed by atoms with Crippen LogP contribution in [0.1, 0.15) is 0 Å². The Labute approximate surface area is 123 Å². The van der Waals surface area contributed by atoms with Gasteiger partial charge in [0.2, 0.25) is 0 Å². The first kappa shape index (κ1) is 12.4. The minimum absolute atomic E-state index is 0.299. The van der Waals surface area contributed by atoms with Gasteiger partial charge >= 0.3 is 5.88 Å². The van der Waals surface area contributed by atoms with Gasteiger partial charge in [-0.15, -0.1) is 0 Å². The molecule has 0 atom stereocenters. The highest BCUT2D eigenvalue weighted by Crippen LogP contribution is 2.29. The number of halogens is 2. The first-order valence-electron chi connectivity index (χ1n) is 5.13. The van der Waals surface area contributed by atoms with Crippen LogP contribution < -0.4 is 0 Å². The summed E-state index contributed by atoms with van der Waals surface area (Å²) in [6.45, 7) is 0. The number of nitro groups is 1. The highest BCUT2D eigenvalue weighted by molar-refractivity contribution is 9.11. The van der Waals surface area contributed by atoms with Crippen LogP contribution in [0.4, 0.5) is 5.88 Å². The van der Waals surface area contributed by atoms with Crippen LogP contribution in [-0.2, 0) is 0 Å². The second kappa shape index (κ2) is 4.46. The fourth-order valence-corrected chi connectivity index (χ4v) is 3.00. The summed E-state index contributed by atoms with van der Waals surface area (Å²) in [5.41, 5.74) is 1.24. The number of aromatic nitrogens is 2. The molecule has 0 bridgehead atoms. The number of fused-ring (bicyclic) bond motifs is 1. The molecule has 0 unspecified atom stereocenters.